The van der Waals surface area contributed by atoms with Crippen LogP contribution in [0.25, 0.3) is 0 Å². The second-order valence-electron chi connectivity index (χ2n) is 4.15. The summed E-state index contributed by atoms with van der Waals surface area (Å²) in [5.41, 5.74) is 0.370. The lowest BCUT2D eigenvalue weighted by molar-refractivity contribution is -0.137. The summed E-state index contributed by atoms with van der Waals surface area (Å²) in [7, 11) is 0. The Bertz CT molecular complexity index is 311. The minimum atomic E-state index is -4.24. The molecule has 1 aromatic rings. The molecule has 0 bridgehead atoms. The molecule has 1 unspecified atom stereocenters. The molecular formula is C13H16F3. The molecule has 0 N–H and O–H groups in total. The fourth-order valence-corrected chi connectivity index (χ4v) is 1.68. The van der Waals surface area contributed by atoms with Crippen molar-refractivity contribution in [2.45, 2.75) is 32.4 Å². The highest BCUT2D eigenvalue weighted by Gasteiger charge is 2.29. The molecule has 0 aliphatic carbocycles. The van der Waals surface area contributed by atoms with Gasteiger partial charge < -0.3 is 0 Å². The SMILES string of the molecule is [CH2]CCC(C)Cc1ccc(C(F)(F)F)cc1. The fraction of sp³-hybridized carbons (Fsp3) is 0.462. The molecule has 0 aromatic heterocycles. The molecule has 0 saturated carbocycles. The van der Waals surface area contributed by atoms with Gasteiger partial charge in [-0.05, 0) is 30.0 Å². The lowest BCUT2D eigenvalue weighted by Crippen LogP contribution is -2.05. The second kappa shape index (κ2) is 5.37. The van der Waals surface area contributed by atoms with Gasteiger partial charge in [0, 0.05) is 0 Å². The van der Waals surface area contributed by atoms with Gasteiger partial charge in [0.25, 0.3) is 0 Å². The van der Waals surface area contributed by atoms with Crippen LogP contribution < -0.4 is 0 Å². The minimum absolute atomic E-state index is 0.467. The third-order valence-electron chi connectivity index (χ3n) is 2.56. The predicted octanol–water partition coefficient (Wildman–Crippen LogP) is 4.50. The van der Waals surface area contributed by atoms with E-state index >= 15 is 0 Å². The molecule has 0 amide bonds. The lowest BCUT2D eigenvalue weighted by atomic mass is 9.96. The van der Waals surface area contributed by atoms with Gasteiger partial charge in [0.1, 0.15) is 0 Å². The number of rotatable bonds is 4. The van der Waals surface area contributed by atoms with Gasteiger partial charge in [-0.2, -0.15) is 13.2 Å². The summed E-state index contributed by atoms with van der Waals surface area (Å²) in [6.07, 6.45) is -1.56. The van der Waals surface area contributed by atoms with Crippen molar-refractivity contribution in [1.29, 1.82) is 0 Å². The van der Waals surface area contributed by atoms with Gasteiger partial charge in [0.2, 0.25) is 0 Å². The maximum absolute atomic E-state index is 12.3. The number of benzene rings is 1. The maximum atomic E-state index is 12.3. The van der Waals surface area contributed by atoms with Crippen molar-refractivity contribution in [1.82, 2.24) is 0 Å². The summed E-state index contributed by atoms with van der Waals surface area (Å²) in [6, 6.07) is 5.41. The normalized spacial score (nSPS) is 13.8. The zero-order valence-corrected chi connectivity index (χ0v) is 9.35. The molecule has 1 rings (SSSR count). The van der Waals surface area contributed by atoms with Gasteiger partial charge >= 0.3 is 6.18 Å². The van der Waals surface area contributed by atoms with Crippen LogP contribution in [0, 0.1) is 12.8 Å². The number of alkyl halides is 3. The fourth-order valence-electron chi connectivity index (χ4n) is 1.68. The number of hydrogen-bond acceptors (Lipinski definition) is 0. The van der Waals surface area contributed by atoms with Crippen molar-refractivity contribution in [2.24, 2.45) is 5.92 Å². The molecule has 1 radical (unpaired) electrons. The Morgan fingerprint density at radius 3 is 2.19 bits per heavy atom. The Labute approximate surface area is 94.5 Å². The van der Waals surface area contributed by atoms with E-state index in [4.69, 9.17) is 0 Å². The quantitative estimate of drug-likeness (QED) is 0.713. The Morgan fingerprint density at radius 2 is 1.75 bits per heavy atom. The molecule has 0 saturated heterocycles. The lowest BCUT2D eigenvalue weighted by Gasteiger charge is -2.11. The van der Waals surface area contributed by atoms with Gasteiger partial charge in [-0.25, -0.2) is 0 Å². The predicted molar refractivity (Wildman–Crippen MR) is 58.9 cm³/mol. The van der Waals surface area contributed by atoms with Crippen molar-refractivity contribution in [3.8, 4) is 0 Å². The number of halogens is 3. The Hall–Kier alpha value is -0.990. The van der Waals surface area contributed by atoms with Crippen LogP contribution in [0.1, 0.15) is 30.9 Å². The van der Waals surface area contributed by atoms with Gasteiger partial charge in [-0.3, -0.25) is 0 Å². The summed E-state index contributed by atoms with van der Waals surface area (Å²) in [4.78, 5) is 0. The zero-order chi connectivity index (χ0) is 12.2. The van der Waals surface area contributed by atoms with Crippen LogP contribution in [0.2, 0.25) is 0 Å². The summed E-state index contributed by atoms with van der Waals surface area (Å²) in [6.45, 7) is 5.85. The van der Waals surface area contributed by atoms with Crippen molar-refractivity contribution in [2.75, 3.05) is 0 Å². The summed E-state index contributed by atoms with van der Waals surface area (Å²) in [5, 5.41) is 0. The van der Waals surface area contributed by atoms with Crippen LogP contribution >= 0.6 is 0 Å². The van der Waals surface area contributed by atoms with E-state index in [0.717, 1.165) is 37.0 Å². The van der Waals surface area contributed by atoms with E-state index in [2.05, 4.69) is 13.8 Å². The van der Waals surface area contributed by atoms with E-state index in [1.807, 2.05) is 0 Å². The highest BCUT2D eigenvalue weighted by atomic mass is 19.4. The van der Waals surface area contributed by atoms with E-state index in [9.17, 15) is 13.2 Å². The van der Waals surface area contributed by atoms with E-state index in [-0.39, 0.29) is 0 Å². The van der Waals surface area contributed by atoms with E-state index in [1.165, 1.54) is 0 Å². The summed E-state index contributed by atoms with van der Waals surface area (Å²) in [5.74, 6) is 0.467. The topological polar surface area (TPSA) is 0 Å². The van der Waals surface area contributed by atoms with Gasteiger partial charge in [-0.15, -0.1) is 0 Å². The first-order valence-electron chi connectivity index (χ1n) is 5.39. The highest BCUT2D eigenvalue weighted by Crippen LogP contribution is 2.29. The first-order valence-corrected chi connectivity index (χ1v) is 5.39. The smallest absolute Gasteiger partial charge is 0.166 e. The molecule has 1 aromatic carbocycles. The van der Waals surface area contributed by atoms with Gasteiger partial charge in [0.05, 0.1) is 5.56 Å². The van der Waals surface area contributed by atoms with Gasteiger partial charge in [-0.1, -0.05) is 38.8 Å². The zero-order valence-electron chi connectivity index (χ0n) is 9.35. The average molecular weight is 229 g/mol. The summed E-state index contributed by atoms with van der Waals surface area (Å²) >= 11 is 0. The van der Waals surface area contributed by atoms with E-state index in [0.29, 0.717) is 5.92 Å². The van der Waals surface area contributed by atoms with Crippen molar-refractivity contribution in [3.05, 3.63) is 42.3 Å². The standard InChI is InChI=1S/C13H16F3/c1-3-4-10(2)9-11-5-7-12(8-6-11)13(14,15)16/h5-8,10H,1,3-4,9H2,2H3. The van der Waals surface area contributed by atoms with Crippen LogP contribution in [-0.2, 0) is 12.6 Å². The highest BCUT2D eigenvalue weighted by molar-refractivity contribution is 5.24. The van der Waals surface area contributed by atoms with Crippen molar-refractivity contribution in [3.63, 3.8) is 0 Å². The molecule has 0 fully saturated rings. The second-order valence-corrected chi connectivity index (χ2v) is 4.15. The Balaban J connectivity index is 2.65. The van der Waals surface area contributed by atoms with E-state index < -0.39 is 11.7 Å². The minimum Gasteiger partial charge on any atom is -0.166 e. The first-order chi connectivity index (χ1) is 7.43. The average Bonchev–Trinajstić information content (AvgIpc) is 2.17. The van der Waals surface area contributed by atoms with Crippen LogP contribution in [0.4, 0.5) is 13.2 Å². The molecule has 89 valence electrons. The van der Waals surface area contributed by atoms with Crippen LogP contribution in [0.3, 0.4) is 0 Å². The third-order valence-corrected chi connectivity index (χ3v) is 2.56. The molecule has 1 atom stereocenters. The monoisotopic (exact) mass is 229 g/mol. The van der Waals surface area contributed by atoms with Gasteiger partial charge in [0.15, 0.2) is 0 Å². The Morgan fingerprint density at radius 1 is 1.19 bits per heavy atom. The molecule has 0 aliphatic heterocycles. The molecule has 0 spiro atoms. The molecule has 0 nitrogen and oxygen atoms in total. The molecular weight excluding hydrogens is 213 g/mol. The summed E-state index contributed by atoms with van der Waals surface area (Å²) < 4.78 is 36.9. The maximum Gasteiger partial charge on any atom is 0.416 e. The van der Waals surface area contributed by atoms with Crippen LogP contribution in [-0.4, -0.2) is 0 Å². The van der Waals surface area contributed by atoms with E-state index in [1.54, 1.807) is 12.1 Å². The van der Waals surface area contributed by atoms with Crippen LogP contribution in [0.5, 0.6) is 0 Å². The molecule has 16 heavy (non-hydrogen) atoms. The van der Waals surface area contributed by atoms with Crippen molar-refractivity contribution < 1.29 is 13.2 Å². The molecule has 3 heteroatoms. The molecule has 0 aliphatic rings. The largest absolute Gasteiger partial charge is 0.416 e. The Kier molecular flexibility index (Phi) is 4.39. The van der Waals surface area contributed by atoms with Crippen LogP contribution in [0.15, 0.2) is 24.3 Å². The number of hydrogen-bond donors (Lipinski definition) is 0. The first kappa shape index (κ1) is 13.1. The molecule has 0 heterocycles. The third kappa shape index (κ3) is 3.87. The van der Waals surface area contributed by atoms with Crippen molar-refractivity contribution >= 4 is 0 Å².